The molecule has 0 radical (unpaired) electrons. The first-order chi connectivity index (χ1) is 10.8. The number of hydrogen-bond donors (Lipinski definition) is 1. The van der Waals surface area contributed by atoms with E-state index in [0.29, 0.717) is 5.13 Å². The third kappa shape index (κ3) is 2.38. The first kappa shape index (κ1) is 13.1. The summed E-state index contributed by atoms with van der Waals surface area (Å²) in [6, 6.07) is 8.02. The molecule has 108 valence electrons. The molecule has 22 heavy (non-hydrogen) atoms. The summed E-state index contributed by atoms with van der Waals surface area (Å²) < 4.78 is 1.72. The smallest absolute Gasteiger partial charge is 0.180 e. The van der Waals surface area contributed by atoms with E-state index in [2.05, 4.69) is 20.1 Å². The molecule has 2 N–H and O–H groups in total. The van der Waals surface area contributed by atoms with Crippen LogP contribution in [0.25, 0.3) is 27.6 Å². The van der Waals surface area contributed by atoms with Crippen LogP contribution in [0.5, 0.6) is 0 Å². The highest BCUT2D eigenvalue weighted by Crippen LogP contribution is 2.30. The third-order valence-corrected chi connectivity index (χ3v) is 4.63. The molecule has 6 nitrogen and oxygen atoms in total. The molecule has 0 atom stereocenters. The van der Waals surface area contributed by atoms with Crippen molar-refractivity contribution in [2.75, 3.05) is 5.73 Å². The monoisotopic (exact) mass is 326 g/mol. The minimum atomic E-state index is 0.559. The van der Waals surface area contributed by atoms with Gasteiger partial charge in [-0.3, -0.25) is 0 Å². The van der Waals surface area contributed by atoms with Crippen molar-refractivity contribution in [3.63, 3.8) is 0 Å². The number of thiazole rings is 2. The predicted molar refractivity (Wildman–Crippen MR) is 88.0 cm³/mol. The lowest BCUT2D eigenvalue weighted by Gasteiger charge is -2.01. The molecule has 3 aromatic heterocycles. The Bertz CT molecular complexity index is 892. The zero-order valence-corrected chi connectivity index (χ0v) is 12.9. The molecule has 0 spiro atoms. The van der Waals surface area contributed by atoms with Crippen LogP contribution in [0.3, 0.4) is 0 Å². The van der Waals surface area contributed by atoms with Crippen molar-refractivity contribution in [1.82, 2.24) is 24.7 Å². The van der Waals surface area contributed by atoms with Crippen molar-refractivity contribution in [1.29, 1.82) is 0 Å². The summed E-state index contributed by atoms with van der Waals surface area (Å²) in [5, 5.41) is 9.49. The van der Waals surface area contributed by atoms with E-state index in [-0.39, 0.29) is 0 Å². The summed E-state index contributed by atoms with van der Waals surface area (Å²) in [6.45, 7) is 0. The molecular formula is C14H10N6S2. The van der Waals surface area contributed by atoms with Crippen molar-refractivity contribution >= 4 is 27.8 Å². The molecule has 0 fully saturated rings. The fourth-order valence-corrected chi connectivity index (χ4v) is 3.45. The van der Waals surface area contributed by atoms with E-state index in [4.69, 9.17) is 5.73 Å². The molecule has 8 heteroatoms. The number of benzene rings is 1. The number of nitrogens with two attached hydrogens (primary N) is 1. The molecule has 0 saturated heterocycles. The topological polar surface area (TPSA) is 82.5 Å². The Kier molecular flexibility index (Phi) is 3.17. The van der Waals surface area contributed by atoms with E-state index in [1.807, 2.05) is 35.0 Å². The molecule has 0 unspecified atom stereocenters. The van der Waals surface area contributed by atoms with Crippen molar-refractivity contribution in [2.24, 2.45) is 0 Å². The summed E-state index contributed by atoms with van der Waals surface area (Å²) in [7, 11) is 0. The molecule has 0 bridgehead atoms. The van der Waals surface area contributed by atoms with E-state index >= 15 is 0 Å². The first-order valence-corrected chi connectivity index (χ1v) is 8.18. The molecule has 3 heterocycles. The number of hydrogen-bond acceptors (Lipinski definition) is 7. The van der Waals surface area contributed by atoms with Crippen LogP contribution in [-0.2, 0) is 0 Å². The number of anilines is 1. The van der Waals surface area contributed by atoms with Gasteiger partial charge in [-0.2, -0.15) is 5.10 Å². The van der Waals surface area contributed by atoms with E-state index in [1.165, 1.54) is 17.7 Å². The fraction of sp³-hybridized carbons (Fsp3) is 0. The van der Waals surface area contributed by atoms with Gasteiger partial charge >= 0.3 is 0 Å². The normalized spacial score (nSPS) is 10.9. The number of nitrogen functional groups attached to an aromatic ring is 1. The van der Waals surface area contributed by atoms with Gasteiger partial charge in [0.1, 0.15) is 23.4 Å². The van der Waals surface area contributed by atoms with Gasteiger partial charge in [-0.15, -0.1) is 22.7 Å². The van der Waals surface area contributed by atoms with Crippen molar-refractivity contribution in [2.45, 2.75) is 0 Å². The second-order valence-corrected chi connectivity index (χ2v) is 6.24. The van der Waals surface area contributed by atoms with Crippen LogP contribution >= 0.6 is 22.7 Å². The van der Waals surface area contributed by atoms with Crippen LogP contribution in [0.15, 0.2) is 47.7 Å². The number of aromatic nitrogens is 5. The lowest BCUT2D eigenvalue weighted by molar-refractivity contribution is 0.879. The average molecular weight is 326 g/mol. The van der Waals surface area contributed by atoms with E-state index in [0.717, 1.165) is 27.6 Å². The lowest BCUT2D eigenvalue weighted by atomic mass is 10.1. The molecule has 0 aliphatic carbocycles. The van der Waals surface area contributed by atoms with Crippen LogP contribution in [0.1, 0.15) is 0 Å². The lowest BCUT2D eigenvalue weighted by Crippen LogP contribution is -1.93. The minimum Gasteiger partial charge on any atom is -0.375 e. The van der Waals surface area contributed by atoms with Gasteiger partial charge in [0.25, 0.3) is 0 Å². The van der Waals surface area contributed by atoms with Crippen molar-refractivity contribution < 1.29 is 0 Å². The van der Waals surface area contributed by atoms with Gasteiger partial charge in [-0.25, -0.2) is 19.6 Å². The summed E-state index contributed by atoms with van der Waals surface area (Å²) in [6.07, 6.45) is 3.18. The molecule has 0 aliphatic heterocycles. The largest absolute Gasteiger partial charge is 0.375 e. The highest BCUT2D eigenvalue weighted by Gasteiger charge is 2.09. The summed E-state index contributed by atoms with van der Waals surface area (Å²) >= 11 is 2.99. The van der Waals surface area contributed by atoms with Gasteiger partial charge in [0, 0.05) is 16.3 Å². The van der Waals surface area contributed by atoms with Gasteiger partial charge in [-0.05, 0) is 12.1 Å². The second-order valence-electron chi connectivity index (χ2n) is 4.50. The Morgan fingerprint density at radius 1 is 0.955 bits per heavy atom. The van der Waals surface area contributed by atoms with Crippen LogP contribution in [0.2, 0.25) is 0 Å². The van der Waals surface area contributed by atoms with Gasteiger partial charge in [-0.1, -0.05) is 12.1 Å². The van der Waals surface area contributed by atoms with E-state index in [9.17, 15) is 0 Å². The number of nitrogens with zero attached hydrogens (tertiary/aromatic N) is 5. The maximum absolute atomic E-state index is 5.67. The standard InChI is InChI=1S/C14H10N6S2/c15-14-19-12(6-22-14)13-18-11(5-21-13)9-1-3-10(4-2-9)20-8-16-7-17-20/h1-8H,(H2,15,19). The van der Waals surface area contributed by atoms with E-state index in [1.54, 1.807) is 22.3 Å². The van der Waals surface area contributed by atoms with Gasteiger partial charge in [0.05, 0.1) is 11.4 Å². The van der Waals surface area contributed by atoms with Crippen LogP contribution in [0, 0.1) is 0 Å². The van der Waals surface area contributed by atoms with Crippen LogP contribution < -0.4 is 5.73 Å². The van der Waals surface area contributed by atoms with Crippen molar-refractivity contribution in [3.05, 3.63) is 47.7 Å². The molecule has 0 saturated carbocycles. The predicted octanol–water partition coefficient (Wildman–Crippen LogP) is 3.10. The maximum Gasteiger partial charge on any atom is 0.180 e. The minimum absolute atomic E-state index is 0.559. The average Bonchev–Trinajstić information content (AvgIpc) is 3.28. The third-order valence-electron chi connectivity index (χ3n) is 3.09. The van der Waals surface area contributed by atoms with Gasteiger partial charge in [0.2, 0.25) is 0 Å². The fourth-order valence-electron chi connectivity index (χ4n) is 2.04. The Morgan fingerprint density at radius 3 is 2.45 bits per heavy atom. The van der Waals surface area contributed by atoms with Crippen LogP contribution in [0.4, 0.5) is 5.13 Å². The summed E-state index contributed by atoms with van der Waals surface area (Å²) in [4.78, 5) is 12.8. The highest BCUT2D eigenvalue weighted by atomic mass is 32.1. The Balaban J connectivity index is 1.64. The SMILES string of the molecule is Nc1nc(-c2nc(-c3ccc(-n4cncn4)cc3)cs2)cs1. The molecule has 0 aliphatic rings. The highest BCUT2D eigenvalue weighted by molar-refractivity contribution is 7.15. The molecular weight excluding hydrogens is 316 g/mol. The molecule has 1 aromatic carbocycles. The summed E-state index contributed by atoms with van der Waals surface area (Å²) in [5.41, 5.74) is 9.44. The second kappa shape index (κ2) is 5.32. The first-order valence-electron chi connectivity index (χ1n) is 6.42. The van der Waals surface area contributed by atoms with E-state index < -0.39 is 0 Å². The summed E-state index contributed by atoms with van der Waals surface area (Å²) in [5.74, 6) is 0. The number of rotatable bonds is 3. The molecule has 0 amide bonds. The quantitative estimate of drug-likeness (QED) is 0.625. The Morgan fingerprint density at radius 2 is 1.77 bits per heavy atom. The Hall–Kier alpha value is -2.58. The zero-order valence-electron chi connectivity index (χ0n) is 11.2. The van der Waals surface area contributed by atoms with Crippen molar-refractivity contribution in [3.8, 4) is 27.6 Å². The molecule has 4 aromatic rings. The zero-order chi connectivity index (χ0) is 14.9. The maximum atomic E-state index is 5.67. The molecule has 4 rings (SSSR count). The van der Waals surface area contributed by atoms with Gasteiger partial charge in [0.15, 0.2) is 5.13 Å². The van der Waals surface area contributed by atoms with Gasteiger partial charge < -0.3 is 5.73 Å². The Labute approximate surface area is 133 Å². The van der Waals surface area contributed by atoms with Crippen LogP contribution in [-0.4, -0.2) is 24.7 Å².